The Morgan fingerprint density at radius 2 is 1.71 bits per heavy atom. The van der Waals surface area contributed by atoms with E-state index in [2.05, 4.69) is 40.7 Å². The van der Waals surface area contributed by atoms with Crippen molar-refractivity contribution < 1.29 is 4.79 Å². The van der Waals surface area contributed by atoms with Crippen molar-refractivity contribution in [3.05, 3.63) is 35.9 Å². The van der Waals surface area contributed by atoms with Crippen LogP contribution in [0.5, 0.6) is 0 Å². The number of nitrogens with zero attached hydrogens (tertiary/aromatic N) is 3. The number of benzene rings is 1. The van der Waals surface area contributed by atoms with E-state index in [4.69, 9.17) is 0 Å². The summed E-state index contributed by atoms with van der Waals surface area (Å²) >= 11 is 0. The summed E-state index contributed by atoms with van der Waals surface area (Å²) in [4.78, 5) is 20.2. The van der Waals surface area contributed by atoms with Gasteiger partial charge in [0.05, 0.1) is 0 Å². The van der Waals surface area contributed by atoms with Crippen molar-refractivity contribution in [2.75, 3.05) is 45.8 Å². The van der Waals surface area contributed by atoms with Gasteiger partial charge in [-0.25, -0.2) is 0 Å². The third-order valence-corrected chi connectivity index (χ3v) is 5.42. The Labute approximate surface area is 146 Å². The molecule has 1 aliphatic carbocycles. The van der Waals surface area contributed by atoms with E-state index in [1.807, 2.05) is 18.2 Å². The van der Waals surface area contributed by atoms with Gasteiger partial charge in [0.25, 0.3) is 0 Å². The molecule has 1 saturated carbocycles. The van der Waals surface area contributed by atoms with Crippen molar-refractivity contribution in [1.82, 2.24) is 14.7 Å². The number of carbonyl (C=O) groups is 1. The average molecular weight is 329 g/mol. The van der Waals surface area contributed by atoms with Gasteiger partial charge in [-0.3, -0.25) is 14.6 Å². The molecule has 2 fully saturated rings. The highest BCUT2D eigenvalue weighted by Crippen LogP contribution is 2.30. The zero-order chi connectivity index (χ0) is 16.9. The number of hydrogen-bond donors (Lipinski definition) is 0. The van der Waals surface area contributed by atoms with Crippen LogP contribution in [-0.4, -0.2) is 66.4 Å². The Morgan fingerprint density at radius 3 is 2.25 bits per heavy atom. The first-order valence-electron chi connectivity index (χ1n) is 9.53. The van der Waals surface area contributed by atoms with Gasteiger partial charge >= 0.3 is 0 Å². The SMILES string of the molecule is CCN(CC)C(C(=O)N1CCN(CC2CC2)CC1)c1ccccc1. The number of amides is 1. The first-order valence-corrected chi connectivity index (χ1v) is 9.53. The van der Waals surface area contributed by atoms with E-state index < -0.39 is 0 Å². The predicted octanol–water partition coefficient (Wildman–Crippen LogP) is 2.62. The molecule has 0 bridgehead atoms. The quantitative estimate of drug-likeness (QED) is 0.769. The lowest BCUT2D eigenvalue weighted by molar-refractivity contribution is -0.139. The highest BCUT2D eigenvalue weighted by molar-refractivity contribution is 5.83. The lowest BCUT2D eigenvalue weighted by Crippen LogP contribution is -2.52. The molecule has 1 amide bonds. The molecule has 1 aliphatic heterocycles. The summed E-state index contributed by atoms with van der Waals surface area (Å²) in [5, 5.41) is 0. The lowest BCUT2D eigenvalue weighted by Gasteiger charge is -2.39. The molecule has 132 valence electrons. The van der Waals surface area contributed by atoms with Gasteiger partial charge in [-0.05, 0) is 37.4 Å². The number of likely N-dealkylation sites (N-methyl/N-ethyl adjacent to an activating group) is 1. The second kappa shape index (κ2) is 8.13. The molecule has 1 aromatic rings. The minimum Gasteiger partial charge on any atom is -0.338 e. The summed E-state index contributed by atoms with van der Waals surface area (Å²) < 4.78 is 0. The fourth-order valence-electron chi connectivity index (χ4n) is 3.72. The summed E-state index contributed by atoms with van der Waals surface area (Å²) in [7, 11) is 0. The van der Waals surface area contributed by atoms with Gasteiger partial charge in [-0.2, -0.15) is 0 Å². The molecule has 1 atom stereocenters. The van der Waals surface area contributed by atoms with E-state index >= 15 is 0 Å². The lowest BCUT2D eigenvalue weighted by atomic mass is 10.0. The Kier molecular flexibility index (Phi) is 5.90. The van der Waals surface area contributed by atoms with Crippen LogP contribution in [0.4, 0.5) is 0 Å². The fraction of sp³-hybridized carbons (Fsp3) is 0.650. The van der Waals surface area contributed by atoms with Gasteiger partial charge in [0.1, 0.15) is 6.04 Å². The maximum Gasteiger partial charge on any atom is 0.244 e. The van der Waals surface area contributed by atoms with Gasteiger partial charge < -0.3 is 4.90 Å². The van der Waals surface area contributed by atoms with Crippen LogP contribution in [0.3, 0.4) is 0 Å². The zero-order valence-corrected chi connectivity index (χ0v) is 15.2. The first-order chi connectivity index (χ1) is 11.7. The second-order valence-corrected chi connectivity index (χ2v) is 7.10. The summed E-state index contributed by atoms with van der Waals surface area (Å²) in [6.45, 7) is 11.1. The highest BCUT2D eigenvalue weighted by Gasteiger charge is 2.33. The first kappa shape index (κ1) is 17.4. The molecule has 0 spiro atoms. The van der Waals surface area contributed by atoms with E-state index in [1.165, 1.54) is 19.4 Å². The average Bonchev–Trinajstić information content (AvgIpc) is 3.44. The van der Waals surface area contributed by atoms with Crippen molar-refractivity contribution in [2.24, 2.45) is 5.92 Å². The van der Waals surface area contributed by atoms with E-state index in [1.54, 1.807) is 0 Å². The van der Waals surface area contributed by atoms with Crippen molar-refractivity contribution >= 4 is 5.91 Å². The van der Waals surface area contributed by atoms with Gasteiger partial charge in [0.15, 0.2) is 0 Å². The summed E-state index contributed by atoms with van der Waals surface area (Å²) in [5.41, 5.74) is 1.12. The molecule has 1 unspecified atom stereocenters. The summed E-state index contributed by atoms with van der Waals surface area (Å²) in [6, 6.07) is 10.1. The van der Waals surface area contributed by atoms with Crippen LogP contribution in [0.25, 0.3) is 0 Å². The third kappa shape index (κ3) is 4.17. The van der Waals surface area contributed by atoms with Crippen LogP contribution in [0.1, 0.15) is 38.3 Å². The predicted molar refractivity (Wildman–Crippen MR) is 97.8 cm³/mol. The second-order valence-electron chi connectivity index (χ2n) is 7.10. The molecular formula is C20H31N3O. The van der Waals surface area contributed by atoms with Crippen LogP contribution in [0.2, 0.25) is 0 Å². The van der Waals surface area contributed by atoms with Crippen LogP contribution in [0.15, 0.2) is 30.3 Å². The molecule has 3 rings (SSSR count). The van der Waals surface area contributed by atoms with E-state index in [-0.39, 0.29) is 11.9 Å². The molecule has 1 heterocycles. The number of hydrogen-bond acceptors (Lipinski definition) is 3. The molecule has 0 radical (unpaired) electrons. The molecule has 4 heteroatoms. The van der Waals surface area contributed by atoms with Crippen LogP contribution < -0.4 is 0 Å². The Hall–Kier alpha value is -1.39. The summed E-state index contributed by atoms with van der Waals surface area (Å²) in [6.07, 6.45) is 2.80. The van der Waals surface area contributed by atoms with Crippen LogP contribution >= 0.6 is 0 Å². The Morgan fingerprint density at radius 1 is 1.08 bits per heavy atom. The standard InChI is InChI=1S/C20H31N3O/c1-3-22(4-2)19(18-8-6-5-7-9-18)20(24)23-14-12-21(13-15-23)16-17-10-11-17/h5-9,17,19H,3-4,10-16H2,1-2H3. The largest absolute Gasteiger partial charge is 0.338 e. The van der Waals surface area contributed by atoms with Crippen molar-refractivity contribution in [1.29, 1.82) is 0 Å². The van der Waals surface area contributed by atoms with E-state index in [0.29, 0.717) is 0 Å². The van der Waals surface area contributed by atoms with Gasteiger partial charge in [-0.15, -0.1) is 0 Å². The Bertz CT molecular complexity index is 517. The Balaban J connectivity index is 1.67. The fourth-order valence-corrected chi connectivity index (χ4v) is 3.72. The van der Waals surface area contributed by atoms with E-state index in [9.17, 15) is 4.79 Å². The van der Waals surface area contributed by atoms with Crippen LogP contribution in [-0.2, 0) is 4.79 Å². The van der Waals surface area contributed by atoms with Crippen molar-refractivity contribution in [3.8, 4) is 0 Å². The molecule has 1 saturated heterocycles. The number of rotatable bonds is 7. The minimum absolute atomic E-state index is 0.142. The van der Waals surface area contributed by atoms with E-state index in [0.717, 1.165) is 50.7 Å². The number of carbonyl (C=O) groups excluding carboxylic acids is 1. The zero-order valence-electron chi connectivity index (χ0n) is 15.2. The maximum atomic E-state index is 13.3. The van der Waals surface area contributed by atoms with Gasteiger partial charge in [0, 0.05) is 32.7 Å². The van der Waals surface area contributed by atoms with Crippen LogP contribution in [0, 0.1) is 5.92 Å². The monoisotopic (exact) mass is 329 g/mol. The number of piperazine rings is 1. The molecule has 2 aliphatic rings. The van der Waals surface area contributed by atoms with Crippen molar-refractivity contribution in [3.63, 3.8) is 0 Å². The maximum absolute atomic E-state index is 13.3. The topological polar surface area (TPSA) is 26.8 Å². The van der Waals surface area contributed by atoms with Crippen molar-refractivity contribution in [2.45, 2.75) is 32.7 Å². The molecule has 24 heavy (non-hydrogen) atoms. The summed E-state index contributed by atoms with van der Waals surface area (Å²) in [5.74, 6) is 1.20. The molecule has 4 nitrogen and oxygen atoms in total. The highest BCUT2D eigenvalue weighted by atomic mass is 16.2. The molecule has 0 aromatic heterocycles. The minimum atomic E-state index is -0.142. The smallest absolute Gasteiger partial charge is 0.244 e. The molecule has 1 aromatic carbocycles. The molecule has 0 N–H and O–H groups in total. The normalized spacial score (nSPS) is 20.4. The third-order valence-electron chi connectivity index (χ3n) is 5.42. The molecular weight excluding hydrogens is 298 g/mol. The van der Waals surface area contributed by atoms with Gasteiger partial charge in [-0.1, -0.05) is 44.2 Å². The van der Waals surface area contributed by atoms with Gasteiger partial charge in [0.2, 0.25) is 5.91 Å².